The van der Waals surface area contributed by atoms with Gasteiger partial charge in [-0.15, -0.1) is 23.5 Å². The Morgan fingerprint density at radius 2 is 2.09 bits per heavy atom. The molecule has 2 aliphatic heterocycles. The van der Waals surface area contributed by atoms with Crippen LogP contribution in [0.15, 0.2) is 24.3 Å². The minimum Gasteiger partial charge on any atom is -0.462 e. The van der Waals surface area contributed by atoms with Crippen LogP contribution >= 0.6 is 35.1 Å². The summed E-state index contributed by atoms with van der Waals surface area (Å²) in [5.74, 6) is 1.89. The lowest BCUT2D eigenvalue weighted by Crippen LogP contribution is -2.05. The number of fused-ring (bicyclic) bond motifs is 1. The summed E-state index contributed by atoms with van der Waals surface area (Å²) in [6.07, 6.45) is 1.23. The van der Waals surface area contributed by atoms with E-state index >= 15 is 0 Å². The molecule has 0 saturated carbocycles. The molecule has 2 heterocycles. The maximum atomic E-state index is 12.2. The molecule has 0 bridgehead atoms. The van der Waals surface area contributed by atoms with E-state index in [9.17, 15) is 4.79 Å². The van der Waals surface area contributed by atoms with Gasteiger partial charge in [-0.25, -0.2) is 9.78 Å². The molecule has 22 heavy (non-hydrogen) atoms. The minimum atomic E-state index is -0.406. The summed E-state index contributed by atoms with van der Waals surface area (Å²) in [6.45, 7) is 2.10. The molecular formula is C16H16ClNO2S2. The molecule has 0 N–H and O–H groups in total. The zero-order chi connectivity index (χ0) is 15.5. The number of esters is 1. The Kier molecular flexibility index (Phi) is 5.16. The minimum absolute atomic E-state index is 0.228. The molecule has 3 nitrogen and oxygen atoms in total. The molecule has 0 aromatic rings. The van der Waals surface area contributed by atoms with Crippen LogP contribution in [0.3, 0.4) is 0 Å². The highest BCUT2D eigenvalue weighted by Gasteiger charge is 2.28. The van der Waals surface area contributed by atoms with Gasteiger partial charge >= 0.3 is 5.97 Å². The lowest BCUT2D eigenvalue weighted by atomic mass is 10.1. The van der Waals surface area contributed by atoms with Gasteiger partial charge in [0, 0.05) is 11.1 Å². The van der Waals surface area contributed by atoms with Crippen LogP contribution < -0.4 is 0 Å². The lowest BCUT2D eigenvalue weighted by Gasteiger charge is -2.21. The Morgan fingerprint density at radius 3 is 2.82 bits per heavy atom. The molecule has 0 unspecified atom stereocenters. The zero-order valence-corrected chi connectivity index (χ0v) is 14.6. The van der Waals surface area contributed by atoms with Gasteiger partial charge in [0.25, 0.3) is 0 Å². The van der Waals surface area contributed by atoms with Crippen LogP contribution in [-0.2, 0) is 4.74 Å². The summed E-state index contributed by atoms with van der Waals surface area (Å²) in [5.41, 5.74) is 3.09. The van der Waals surface area contributed by atoms with E-state index in [1.807, 2.05) is 41.7 Å². The van der Waals surface area contributed by atoms with E-state index in [-0.39, 0.29) is 5.15 Å². The predicted molar refractivity (Wildman–Crippen MR) is 94.1 cm³/mol. The Bertz CT molecular complexity index is 659. The topological polar surface area (TPSA) is 39.2 Å². The highest BCUT2D eigenvalue weighted by molar-refractivity contribution is 8.16. The fraction of sp³-hybridized carbons (Fsp3) is 0.375. The Balaban J connectivity index is 2.07. The molecule has 1 aliphatic carbocycles. The first-order valence-corrected chi connectivity index (χ1v) is 9.68. The quantitative estimate of drug-likeness (QED) is 0.735. The summed E-state index contributed by atoms with van der Waals surface area (Å²) in [7, 11) is 0. The van der Waals surface area contributed by atoms with E-state index < -0.39 is 5.97 Å². The maximum absolute atomic E-state index is 12.2. The summed E-state index contributed by atoms with van der Waals surface area (Å²) in [4.78, 5) is 16.6. The largest absolute Gasteiger partial charge is 0.462 e. The summed E-state index contributed by atoms with van der Waals surface area (Å²) in [6, 6.07) is 7.89. The van der Waals surface area contributed by atoms with E-state index in [4.69, 9.17) is 16.3 Å². The van der Waals surface area contributed by atoms with Crippen molar-refractivity contribution >= 4 is 41.1 Å². The van der Waals surface area contributed by atoms with Gasteiger partial charge in [0.15, 0.2) is 0 Å². The lowest BCUT2D eigenvalue weighted by molar-refractivity contribution is 0.0528. The zero-order valence-electron chi connectivity index (χ0n) is 12.2. The van der Waals surface area contributed by atoms with Crippen molar-refractivity contribution < 1.29 is 9.53 Å². The molecule has 6 heteroatoms. The molecule has 1 saturated heterocycles. The highest BCUT2D eigenvalue weighted by atomic mass is 35.5. The fourth-order valence-electron chi connectivity index (χ4n) is 2.47. The number of halogens is 1. The first-order chi connectivity index (χ1) is 10.7. The van der Waals surface area contributed by atoms with E-state index in [1.54, 1.807) is 6.92 Å². The van der Waals surface area contributed by atoms with E-state index in [0.717, 1.165) is 28.3 Å². The normalized spacial score (nSPS) is 15.9. The number of hydrogen-bond donors (Lipinski definition) is 0. The molecule has 0 radical (unpaired) electrons. The third kappa shape index (κ3) is 3.07. The van der Waals surface area contributed by atoms with Crippen molar-refractivity contribution in [1.29, 1.82) is 0 Å². The van der Waals surface area contributed by atoms with Crippen LogP contribution in [0.2, 0.25) is 5.15 Å². The van der Waals surface area contributed by atoms with Gasteiger partial charge in [0.2, 0.25) is 0 Å². The Hall–Kier alpha value is -0.910. The third-order valence-electron chi connectivity index (χ3n) is 3.42. The van der Waals surface area contributed by atoms with Gasteiger partial charge in [-0.2, -0.15) is 0 Å². The number of hydrogen-bond acceptors (Lipinski definition) is 5. The smallest absolute Gasteiger partial charge is 0.341 e. The van der Waals surface area contributed by atoms with Crippen molar-refractivity contribution in [2.45, 2.75) is 17.9 Å². The second-order valence-electron chi connectivity index (χ2n) is 4.86. The monoisotopic (exact) mass is 353 g/mol. The second-order valence-corrected chi connectivity index (χ2v) is 7.94. The number of carbonyl (C=O) groups is 1. The Morgan fingerprint density at radius 1 is 1.36 bits per heavy atom. The summed E-state index contributed by atoms with van der Waals surface area (Å²) >= 11 is 10.1. The standard InChI is InChI=1S/C16H16ClNO2S2/c1-2-20-15(19)12-10-6-3-4-7-11(13(10)18-14(12)17)16-21-8-5-9-22-16/h3-4,6-7,16H,2,5,8-9H2,1H3. The average Bonchev–Trinajstić information content (AvgIpc) is 2.71. The molecule has 3 aliphatic rings. The number of nitrogens with zero attached hydrogens (tertiary/aromatic N) is 1. The van der Waals surface area contributed by atoms with E-state index in [2.05, 4.69) is 11.1 Å². The van der Waals surface area contributed by atoms with Crippen LogP contribution in [0.4, 0.5) is 0 Å². The third-order valence-corrected chi connectivity index (χ3v) is 6.68. The predicted octanol–water partition coefficient (Wildman–Crippen LogP) is 4.89. The van der Waals surface area contributed by atoms with Crippen molar-refractivity contribution in [3.05, 3.63) is 40.5 Å². The first kappa shape index (κ1) is 16.0. The van der Waals surface area contributed by atoms with E-state index in [0.29, 0.717) is 16.8 Å². The summed E-state index contributed by atoms with van der Waals surface area (Å²) < 4.78 is 5.46. The molecule has 1 fully saturated rings. The number of aromatic nitrogens is 1. The highest BCUT2D eigenvalue weighted by Crippen LogP contribution is 2.47. The van der Waals surface area contributed by atoms with Crippen molar-refractivity contribution in [3.63, 3.8) is 0 Å². The number of thioether (sulfide) groups is 2. The van der Waals surface area contributed by atoms with Gasteiger partial charge in [-0.05, 0) is 24.9 Å². The molecule has 0 atom stereocenters. The van der Waals surface area contributed by atoms with Crippen LogP contribution in [0.25, 0.3) is 11.3 Å². The molecule has 0 aromatic carbocycles. The van der Waals surface area contributed by atoms with E-state index in [1.165, 1.54) is 6.42 Å². The Labute approximate surface area is 143 Å². The van der Waals surface area contributed by atoms with Gasteiger partial charge in [0.1, 0.15) is 10.7 Å². The van der Waals surface area contributed by atoms with Crippen LogP contribution in [0.1, 0.15) is 33.8 Å². The van der Waals surface area contributed by atoms with Crippen molar-refractivity contribution in [1.82, 2.24) is 4.98 Å². The molecule has 0 spiro atoms. The second kappa shape index (κ2) is 7.11. The SMILES string of the molecule is CCOC(=O)c1c2ccccc(C3SCCCS3)c-2nc1Cl. The van der Waals surface area contributed by atoms with Crippen molar-refractivity contribution in [3.8, 4) is 11.3 Å². The molecule has 116 valence electrons. The number of rotatable bonds is 3. The van der Waals surface area contributed by atoms with Crippen molar-refractivity contribution in [2.75, 3.05) is 18.1 Å². The van der Waals surface area contributed by atoms with Crippen molar-refractivity contribution in [2.24, 2.45) is 0 Å². The van der Waals surface area contributed by atoms with Gasteiger partial charge in [-0.1, -0.05) is 35.9 Å². The van der Waals surface area contributed by atoms with Gasteiger partial charge < -0.3 is 4.74 Å². The van der Waals surface area contributed by atoms with Gasteiger partial charge in [-0.3, -0.25) is 0 Å². The van der Waals surface area contributed by atoms with Crippen LogP contribution in [0, 0.1) is 0 Å². The molecule has 0 aromatic heterocycles. The molecule has 0 amide bonds. The van der Waals surface area contributed by atoms with Crippen LogP contribution in [0.5, 0.6) is 0 Å². The number of carbonyl (C=O) groups excluding carboxylic acids is 1. The molecular weight excluding hydrogens is 338 g/mol. The first-order valence-electron chi connectivity index (χ1n) is 7.21. The van der Waals surface area contributed by atoms with Crippen LogP contribution in [-0.4, -0.2) is 29.1 Å². The van der Waals surface area contributed by atoms with Gasteiger partial charge in [0.05, 0.1) is 16.9 Å². The maximum Gasteiger partial charge on any atom is 0.341 e. The average molecular weight is 354 g/mol. The molecule has 3 rings (SSSR count). The summed E-state index contributed by atoms with van der Waals surface area (Å²) in [5, 5.41) is 0.228. The fourth-order valence-corrected chi connectivity index (χ4v) is 5.67. The number of ether oxygens (including phenoxy) is 1.